The molecule has 102 valence electrons. The summed E-state index contributed by atoms with van der Waals surface area (Å²) in [7, 11) is 0. The highest BCUT2D eigenvalue weighted by atomic mass is 16.5. The van der Waals surface area contributed by atoms with Crippen LogP contribution in [0.1, 0.15) is 31.1 Å². The summed E-state index contributed by atoms with van der Waals surface area (Å²) in [6.07, 6.45) is 2.93. The molecule has 0 amide bonds. The molecule has 4 nitrogen and oxygen atoms in total. The molecular weight excluding hydrogens is 254 g/mol. The third kappa shape index (κ3) is 2.42. The van der Waals surface area contributed by atoms with Crippen molar-refractivity contribution < 1.29 is 14.4 Å². The lowest BCUT2D eigenvalue weighted by atomic mass is 9.93. The number of hydrogen-bond donors (Lipinski definition) is 1. The van der Waals surface area contributed by atoms with Gasteiger partial charge in [-0.25, -0.2) is 0 Å². The van der Waals surface area contributed by atoms with Crippen LogP contribution in [0.5, 0.6) is 0 Å². The molecule has 1 heterocycles. The van der Waals surface area contributed by atoms with E-state index in [1.165, 1.54) is 0 Å². The Kier molecular flexibility index (Phi) is 3.48. The Morgan fingerprint density at radius 1 is 1.25 bits per heavy atom. The lowest BCUT2D eigenvalue weighted by Crippen LogP contribution is -2.14. The number of allylic oxidation sites excluding steroid dienone is 1. The van der Waals surface area contributed by atoms with Gasteiger partial charge in [-0.05, 0) is 12.8 Å². The number of aliphatic hydroxyl groups is 1. The van der Waals surface area contributed by atoms with E-state index in [0.29, 0.717) is 23.4 Å². The number of carbonyl (C=O) groups excluding carboxylic acids is 1. The maximum absolute atomic E-state index is 11.8. The van der Waals surface area contributed by atoms with Gasteiger partial charge in [0.25, 0.3) is 0 Å². The monoisotopic (exact) mass is 269 g/mol. The van der Waals surface area contributed by atoms with Gasteiger partial charge in [0.2, 0.25) is 0 Å². The summed E-state index contributed by atoms with van der Waals surface area (Å²) >= 11 is 0. The highest BCUT2D eigenvalue weighted by molar-refractivity contribution is 5.97. The zero-order chi connectivity index (χ0) is 13.9. The summed E-state index contributed by atoms with van der Waals surface area (Å²) in [5.41, 5.74) is 1.99. The Morgan fingerprint density at radius 3 is 2.80 bits per heavy atom. The molecule has 1 aromatic carbocycles. The number of ketones is 1. The molecule has 0 aliphatic heterocycles. The van der Waals surface area contributed by atoms with Crippen molar-refractivity contribution in [1.29, 1.82) is 0 Å². The Hall–Kier alpha value is -2.20. The topological polar surface area (TPSA) is 63.3 Å². The summed E-state index contributed by atoms with van der Waals surface area (Å²) in [5, 5.41) is 14.2. The Bertz CT molecular complexity index is 643. The zero-order valence-corrected chi connectivity index (χ0v) is 11.0. The molecule has 1 unspecified atom stereocenters. The molecule has 1 N–H and O–H groups in total. The first-order chi connectivity index (χ1) is 9.75. The number of hydrogen-bond acceptors (Lipinski definition) is 4. The molecule has 3 rings (SSSR count). The van der Waals surface area contributed by atoms with Crippen molar-refractivity contribution in [2.24, 2.45) is 0 Å². The van der Waals surface area contributed by atoms with Crippen molar-refractivity contribution in [1.82, 2.24) is 5.16 Å². The molecule has 0 radical (unpaired) electrons. The molecule has 4 heteroatoms. The van der Waals surface area contributed by atoms with E-state index in [4.69, 9.17) is 4.52 Å². The van der Waals surface area contributed by atoms with Gasteiger partial charge in [-0.1, -0.05) is 41.6 Å². The number of aliphatic hydroxyl groups excluding tert-OH is 1. The van der Waals surface area contributed by atoms with Crippen LogP contribution in [0.15, 0.2) is 52.6 Å². The second-order valence-corrected chi connectivity index (χ2v) is 4.86. The van der Waals surface area contributed by atoms with E-state index in [-0.39, 0.29) is 5.78 Å². The number of rotatable bonds is 3. The highest BCUT2D eigenvalue weighted by Crippen LogP contribution is 2.30. The average Bonchev–Trinajstić information content (AvgIpc) is 2.98. The summed E-state index contributed by atoms with van der Waals surface area (Å²) in [6, 6.07) is 11.3. The van der Waals surface area contributed by atoms with Crippen molar-refractivity contribution in [2.75, 3.05) is 0 Å². The van der Waals surface area contributed by atoms with E-state index in [1.54, 1.807) is 12.1 Å². The lowest BCUT2D eigenvalue weighted by molar-refractivity contribution is -0.117. The van der Waals surface area contributed by atoms with Crippen molar-refractivity contribution in [3.8, 4) is 11.3 Å². The van der Waals surface area contributed by atoms with Gasteiger partial charge in [-0.2, -0.15) is 0 Å². The van der Waals surface area contributed by atoms with Crippen LogP contribution in [0.4, 0.5) is 0 Å². The van der Waals surface area contributed by atoms with Gasteiger partial charge in [0.05, 0.1) is 0 Å². The third-order valence-electron chi connectivity index (χ3n) is 3.46. The number of aromatic nitrogens is 1. The van der Waals surface area contributed by atoms with Crippen molar-refractivity contribution in [3.05, 3.63) is 53.8 Å². The van der Waals surface area contributed by atoms with E-state index in [2.05, 4.69) is 5.16 Å². The van der Waals surface area contributed by atoms with Crippen LogP contribution >= 0.6 is 0 Å². The van der Waals surface area contributed by atoms with Crippen LogP contribution in [0.2, 0.25) is 0 Å². The standard InChI is InChI=1S/C16H15NO3/c18-14-9-5-4-8-12(14)16(19)15-10-13(17-20-15)11-6-2-1-3-7-11/h1-3,6-8,10,16,19H,4-5,9H2. The smallest absolute Gasteiger partial charge is 0.170 e. The fourth-order valence-corrected chi connectivity index (χ4v) is 2.36. The van der Waals surface area contributed by atoms with E-state index < -0.39 is 6.10 Å². The predicted octanol–water partition coefficient (Wildman–Crippen LogP) is 3.05. The molecule has 2 aromatic rings. The van der Waals surface area contributed by atoms with Gasteiger partial charge in [0, 0.05) is 23.6 Å². The number of nitrogens with zero attached hydrogens (tertiary/aromatic N) is 1. The van der Waals surface area contributed by atoms with Gasteiger partial charge >= 0.3 is 0 Å². The minimum Gasteiger partial charge on any atom is -0.380 e. The van der Waals surface area contributed by atoms with Crippen molar-refractivity contribution >= 4 is 5.78 Å². The molecule has 0 fully saturated rings. The number of benzene rings is 1. The minimum atomic E-state index is -1.02. The fourth-order valence-electron chi connectivity index (χ4n) is 2.36. The first-order valence-corrected chi connectivity index (χ1v) is 6.69. The molecule has 0 saturated carbocycles. The molecule has 0 spiro atoms. The van der Waals surface area contributed by atoms with Crippen molar-refractivity contribution in [2.45, 2.75) is 25.4 Å². The molecule has 0 saturated heterocycles. The molecule has 1 atom stereocenters. The molecular formula is C16H15NO3. The lowest BCUT2D eigenvalue weighted by Gasteiger charge is -2.14. The van der Waals surface area contributed by atoms with Crippen LogP contribution in [0, 0.1) is 0 Å². The fraction of sp³-hybridized carbons (Fsp3) is 0.250. The van der Waals surface area contributed by atoms with Gasteiger partial charge in [-0.3, -0.25) is 4.79 Å². The quantitative estimate of drug-likeness (QED) is 0.930. The molecule has 1 aliphatic rings. The first kappa shape index (κ1) is 12.8. The summed E-state index contributed by atoms with van der Waals surface area (Å²) in [4.78, 5) is 11.8. The van der Waals surface area contributed by atoms with Crippen LogP contribution in [-0.4, -0.2) is 16.0 Å². The number of carbonyl (C=O) groups is 1. The van der Waals surface area contributed by atoms with Crippen molar-refractivity contribution in [3.63, 3.8) is 0 Å². The van der Waals surface area contributed by atoms with Crippen LogP contribution < -0.4 is 0 Å². The van der Waals surface area contributed by atoms with Crippen LogP contribution in [0.25, 0.3) is 11.3 Å². The molecule has 0 bridgehead atoms. The van der Waals surface area contributed by atoms with Crippen LogP contribution in [-0.2, 0) is 4.79 Å². The van der Waals surface area contributed by atoms with E-state index in [0.717, 1.165) is 18.4 Å². The Morgan fingerprint density at radius 2 is 2.05 bits per heavy atom. The number of Topliss-reactive ketones (excluding diaryl/α,β-unsaturated/α-hetero) is 1. The van der Waals surface area contributed by atoms with Gasteiger partial charge in [0.15, 0.2) is 11.5 Å². The highest BCUT2D eigenvalue weighted by Gasteiger charge is 2.25. The van der Waals surface area contributed by atoms with Crippen LogP contribution in [0.3, 0.4) is 0 Å². The second-order valence-electron chi connectivity index (χ2n) is 4.86. The SMILES string of the molecule is O=C1CCCC=C1C(O)c1cc(-c2ccccc2)no1. The normalized spacial score (nSPS) is 16.9. The molecule has 20 heavy (non-hydrogen) atoms. The summed E-state index contributed by atoms with van der Waals surface area (Å²) < 4.78 is 5.19. The Balaban J connectivity index is 1.87. The minimum absolute atomic E-state index is 0.0126. The summed E-state index contributed by atoms with van der Waals surface area (Å²) in [5.74, 6) is 0.298. The molecule has 1 aromatic heterocycles. The maximum atomic E-state index is 11.8. The Labute approximate surface area is 116 Å². The second kappa shape index (κ2) is 5.43. The first-order valence-electron chi connectivity index (χ1n) is 6.69. The van der Waals surface area contributed by atoms with E-state index >= 15 is 0 Å². The van der Waals surface area contributed by atoms with Gasteiger partial charge in [-0.15, -0.1) is 0 Å². The third-order valence-corrected chi connectivity index (χ3v) is 3.46. The van der Waals surface area contributed by atoms with E-state index in [1.807, 2.05) is 30.3 Å². The zero-order valence-electron chi connectivity index (χ0n) is 11.0. The average molecular weight is 269 g/mol. The predicted molar refractivity (Wildman–Crippen MR) is 73.8 cm³/mol. The summed E-state index contributed by atoms with van der Waals surface area (Å²) in [6.45, 7) is 0. The largest absolute Gasteiger partial charge is 0.380 e. The van der Waals surface area contributed by atoms with E-state index in [9.17, 15) is 9.90 Å². The molecule has 1 aliphatic carbocycles. The maximum Gasteiger partial charge on any atom is 0.170 e. The van der Waals surface area contributed by atoms with Gasteiger partial charge < -0.3 is 9.63 Å². The van der Waals surface area contributed by atoms with Gasteiger partial charge in [0.1, 0.15) is 11.8 Å².